The molecule has 1 aromatic rings. The minimum absolute atomic E-state index is 0.364. The van der Waals surface area contributed by atoms with Crippen molar-refractivity contribution in [3.05, 3.63) is 29.8 Å². The highest BCUT2D eigenvalue weighted by molar-refractivity contribution is 5.46. The summed E-state index contributed by atoms with van der Waals surface area (Å²) in [6.45, 7) is 3.53. The van der Waals surface area contributed by atoms with Crippen LogP contribution in [0.15, 0.2) is 24.3 Å². The minimum Gasteiger partial charge on any atom is -0.383 e. The Hall–Kier alpha value is -1.06. The van der Waals surface area contributed by atoms with E-state index in [1.807, 2.05) is 6.07 Å². The fourth-order valence-corrected chi connectivity index (χ4v) is 1.62. The van der Waals surface area contributed by atoms with Crippen LogP contribution < -0.4 is 5.32 Å². The van der Waals surface area contributed by atoms with Gasteiger partial charge in [-0.1, -0.05) is 19.1 Å². The number of ether oxygens (including phenoxy) is 2. The van der Waals surface area contributed by atoms with Gasteiger partial charge in [-0.2, -0.15) is 0 Å². The molecule has 0 saturated carbocycles. The Bertz CT molecular complexity index is 302. The molecule has 0 heterocycles. The van der Waals surface area contributed by atoms with Crippen molar-refractivity contribution in [1.82, 2.24) is 0 Å². The molecule has 0 saturated heterocycles. The Morgan fingerprint density at radius 1 is 1.25 bits per heavy atom. The average molecular weight is 223 g/mol. The number of anilines is 1. The van der Waals surface area contributed by atoms with Gasteiger partial charge in [0.2, 0.25) is 0 Å². The van der Waals surface area contributed by atoms with E-state index in [-0.39, 0.29) is 0 Å². The number of hydrogen-bond donors (Lipinski definition) is 1. The van der Waals surface area contributed by atoms with E-state index < -0.39 is 0 Å². The van der Waals surface area contributed by atoms with Gasteiger partial charge >= 0.3 is 0 Å². The molecule has 0 aromatic heterocycles. The molecular weight excluding hydrogens is 202 g/mol. The topological polar surface area (TPSA) is 30.5 Å². The monoisotopic (exact) mass is 223 g/mol. The van der Waals surface area contributed by atoms with Gasteiger partial charge in [0, 0.05) is 25.9 Å². The summed E-state index contributed by atoms with van der Waals surface area (Å²) in [7, 11) is 3.44. The third-order valence-electron chi connectivity index (χ3n) is 2.47. The zero-order valence-electron chi connectivity index (χ0n) is 10.3. The van der Waals surface area contributed by atoms with Crippen LogP contribution in [0.5, 0.6) is 0 Å². The van der Waals surface area contributed by atoms with Gasteiger partial charge in [-0.15, -0.1) is 0 Å². The molecule has 3 nitrogen and oxygen atoms in total. The van der Waals surface area contributed by atoms with Crippen molar-refractivity contribution >= 4 is 5.69 Å². The van der Waals surface area contributed by atoms with Crippen LogP contribution in [0.2, 0.25) is 0 Å². The van der Waals surface area contributed by atoms with Crippen molar-refractivity contribution in [3.63, 3.8) is 0 Å². The van der Waals surface area contributed by atoms with Crippen molar-refractivity contribution in [2.75, 3.05) is 26.1 Å². The van der Waals surface area contributed by atoms with Crippen LogP contribution in [0.25, 0.3) is 0 Å². The molecule has 90 valence electrons. The van der Waals surface area contributed by atoms with Gasteiger partial charge < -0.3 is 14.8 Å². The standard InChI is InChI=1S/C13H21NO2/c1-4-12(10-16-3)14-13-7-5-6-11(8-13)9-15-2/h5-8,12,14H,4,9-10H2,1-3H3. The van der Waals surface area contributed by atoms with Gasteiger partial charge in [0.1, 0.15) is 0 Å². The van der Waals surface area contributed by atoms with Crippen LogP contribution in [0.3, 0.4) is 0 Å². The molecule has 1 rings (SSSR count). The molecule has 0 aliphatic carbocycles. The second kappa shape index (κ2) is 7.25. The maximum Gasteiger partial charge on any atom is 0.0713 e. The van der Waals surface area contributed by atoms with E-state index in [2.05, 4.69) is 30.4 Å². The minimum atomic E-state index is 0.364. The first kappa shape index (κ1) is 13.0. The summed E-state index contributed by atoms with van der Waals surface area (Å²) >= 11 is 0. The number of nitrogens with one attached hydrogen (secondary N) is 1. The van der Waals surface area contributed by atoms with E-state index in [0.717, 1.165) is 18.7 Å². The van der Waals surface area contributed by atoms with E-state index in [1.54, 1.807) is 14.2 Å². The summed E-state index contributed by atoms with van der Waals surface area (Å²) in [5, 5.41) is 3.45. The van der Waals surface area contributed by atoms with Crippen LogP contribution in [0, 0.1) is 0 Å². The van der Waals surface area contributed by atoms with Crippen molar-refractivity contribution in [3.8, 4) is 0 Å². The van der Waals surface area contributed by atoms with Gasteiger partial charge in [-0.3, -0.25) is 0 Å². The predicted octanol–water partition coefficient (Wildman–Crippen LogP) is 2.67. The summed E-state index contributed by atoms with van der Waals surface area (Å²) < 4.78 is 10.3. The molecule has 0 amide bonds. The maximum absolute atomic E-state index is 5.16. The molecule has 0 aliphatic rings. The molecule has 1 N–H and O–H groups in total. The zero-order chi connectivity index (χ0) is 11.8. The van der Waals surface area contributed by atoms with Crippen LogP contribution in [-0.2, 0) is 16.1 Å². The summed E-state index contributed by atoms with van der Waals surface area (Å²) in [5.41, 5.74) is 2.30. The van der Waals surface area contributed by atoms with Crippen LogP contribution in [-0.4, -0.2) is 26.9 Å². The van der Waals surface area contributed by atoms with Crippen molar-refractivity contribution in [2.24, 2.45) is 0 Å². The first-order valence-corrected chi connectivity index (χ1v) is 5.63. The fourth-order valence-electron chi connectivity index (χ4n) is 1.62. The summed E-state index contributed by atoms with van der Waals surface area (Å²) in [6, 6.07) is 8.64. The summed E-state index contributed by atoms with van der Waals surface area (Å²) in [4.78, 5) is 0. The smallest absolute Gasteiger partial charge is 0.0713 e. The van der Waals surface area contributed by atoms with Crippen LogP contribution in [0.4, 0.5) is 5.69 Å². The van der Waals surface area contributed by atoms with Gasteiger partial charge in [0.15, 0.2) is 0 Å². The highest BCUT2D eigenvalue weighted by atomic mass is 16.5. The summed E-state index contributed by atoms with van der Waals surface area (Å²) in [5.74, 6) is 0. The lowest BCUT2D eigenvalue weighted by Crippen LogP contribution is -2.23. The van der Waals surface area contributed by atoms with Gasteiger partial charge in [0.25, 0.3) is 0 Å². The quantitative estimate of drug-likeness (QED) is 0.771. The highest BCUT2D eigenvalue weighted by Crippen LogP contribution is 2.13. The Balaban J connectivity index is 2.60. The molecule has 0 spiro atoms. The number of methoxy groups -OCH3 is 2. The largest absolute Gasteiger partial charge is 0.383 e. The van der Waals surface area contributed by atoms with Gasteiger partial charge in [0.05, 0.1) is 13.2 Å². The van der Waals surface area contributed by atoms with E-state index in [0.29, 0.717) is 12.6 Å². The zero-order valence-corrected chi connectivity index (χ0v) is 10.3. The lowest BCUT2D eigenvalue weighted by molar-refractivity contribution is 0.183. The third kappa shape index (κ3) is 4.21. The molecule has 1 aromatic carbocycles. The molecule has 0 fully saturated rings. The predicted molar refractivity (Wildman–Crippen MR) is 66.7 cm³/mol. The Kier molecular flexibility index (Phi) is 5.90. The van der Waals surface area contributed by atoms with Crippen LogP contribution >= 0.6 is 0 Å². The Labute approximate surface area is 97.8 Å². The maximum atomic E-state index is 5.16. The molecule has 3 heteroatoms. The van der Waals surface area contributed by atoms with Gasteiger partial charge in [-0.25, -0.2) is 0 Å². The Morgan fingerprint density at radius 2 is 2.06 bits per heavy atom. The molecule has 0 radical (unpaired) electrons. The first-order valence-electron chi connectivity index (χ1n) is 5.63. The number of rotatable bonds is 7. The second-order valence-corrected chi connectivity index (χ2v) is 3.84. The molecule has 16 heavy (non-hydrogen) atoms. The fraction of sp³-hybridized carbons (Fsp3) is 0.538. The molecular formula is C13H21NO2. The van der Waals surface area contributed by atoms with Gasteiger partial charge in [-0.05, 0) is 24.1 Å². The average Bonchev–Trinajstić information content (AvgIpc) is 2.29. The third-order valence-corrected chi connectivity index (χ3v) is 2.47. The number of benzene rings is 1. The molecule has 0 bridgehead atoms. The summed E-state index contributed by atoms with van der Waals surface area (Å²) in [6.07, 6.45) is 1.04. The lowest BCUT2D eigenvalue weighted by atomic mass is 10.2. The Morgan fingerprint density at radius 3 is 2.69 bits per heavy atom. The normalized spacial score (nSPS) is 12.4. The highest BCUT2D eigenvalue weighted by Gasteiger charge is 2.05. The lowest BCUT2D eigenvalue weighted by Gasteiger charge is -2.17. The number of hydrogen-bond acceptors (Lipinski definition) is 3. The second-order valence-electron chi connectivity index (χ2n) is 3.84. The van der Waals surface area contributed by atoms with E-state index >= 15 is 0 Å². The first-order chi connectivity index (χ1) is 7.80. The van der Waals surface area contributed by atoms with Crippen molar-refractivity contribution < 1.29 is 9.47 Å². The van der Waals surface area contributed by atoms with E-state index in [4.69, 9.17) is 9.47 Å². The van der Waals surface area contributed by atoms with Crippen molar-refractivity contribution in [1.29, 1.82) is 0 Å². The van der Waals surface area contributed by atoms with Crippen LogP contribution in [0.1, 0.15) is 18.9 Å². The molecule has 0 aliphatic heterocycles. The van der Waals surface area contributed by atoms with E-state index in [9.17, 15) is 0 Å². The SMILES string of the molecule is CCC(COC)Nc1cccc(COC)c1. The van der Waals surface area contributed by atoms with Crippen molar-refractivity contribution in [2.45, 2.75) is 26.0 Å². The van der Waals surface area contributed by atoms with E-state index in [1.165, 1.54) is 5.56 Å². The molecule has 1 unspecified atom stereocenters. The molecule has 1 atom stereocenters.